The molecule has 51 heavy (non-hydrogen) atoms. The average Bonchev–Trinajstić information content (AvgIpc) is 3.49. The molecular formula is C47H28N4. The van der Waals surface area contributed by atoms with Gasteiger partial charge >= 0.3 is 0 Å². The number of fused-ring (bicyclic) bond motifs is 4. The van der Waals surface area contributed by atoms with E-state index < -0.39 is 0 Å². The molecule has 0 spiro atoms. The van der Waals surface area contributed by atoms with Gasteiger partial charge in [0, 0.05) is 33.2 Å². The molecule has 8 aromatic carbocycles. The molecule has 1 aliphatic carbocycles. The van der Waals surface area contributed by atoms with Gasteiger partial charge in [-0.1, -0.05) is 140 Å². The Hall–Kier alpha value is -6.91. The molecule has 2 heterocycles. The Balaban J connectivity index is 1.14. The fourth-order valence-electron chi connectivity index (χ4n) is 8.06. The summed E-state index contributed by atoms with van der Waals surface area (Å²) < 4.78 is 2.44. The van der Waals surface area contributed by atoms with Crippen LogP contribution in [0.4, 0.5) is 0 Å². The van der Waals surface area contributed by atoms with Crippen molar-refractivity contribution >= 4 is 43.4 Å². The Labute approximate surface area is 294 Å². The second-order valence-corrected chi connectivity index (χ2v) is 13.2. The molecule has 11 rings (SSSR count). The number of hydrogen-bond donors (Lipinski definition) is 0. The number of benzene rings is 8. The van der Waals surface area contributed by atoms with Crippen LogP contribution in [0.1, 0.15) is 0 Å². The first kappa shape index (κ1) is 28.0. The highest BCUT2D eigenvalue weighted by atomic mass is 15.0. The highest BCUT2D eigenvalue weighted by molar-refractivity contribution is 6.30. The summed E-state index contributed by atoms with van der Waals surface area (Å²) in [4.78, 5) is 14.9. The highest BCUT2D eigenvalue weighted by Crippen LogP contribution is 2.49. The van der Waals surface area contributed by atoms with Crippen LogP contribution in [0.5, 0.6) is 0 Å². The summed E-state index contributed by atoms with van der Waals surface area (Å²) in [5.74, 6) is 1.96. The second kappa shape index (κ2) is 10.8. The van der Waals surface area contributed by atoms with E-state index >= 15 is 0 Å². The molecule has 236 valence electrons. The molecule has 0 atom stereocenters. The van der Waals surface area contributed by atoms with Crippen molar-refractivity contribution in [3.63, 3.8) is 0 Å². The summed E-state index contributed by atoms with van der Waals surface area (Å²) in [5, 5.41) is 7.47. The molecule has 0 saturated heterocycles. The maximum absolute atomic E-state index is 5.00. The van der Waals surface area contributed by atoms with Crippen molar-refractivity contribution in [3.8, 4) is 62.1 Å². The Kier molecular flexibility index (Phi) is 5.92. The number of rotatable bonds is 4. The van der Waals surface area contributed by atoms with Gasteiger partial charge in [0.05, 0.1) is 11.0 Å². The molecule has 0 aliphatic heterocycles. The van der Waals surface area contributed by atoms with Gasteiger partial charge in [-0.05, 0) is 74.1 Å². The standard InChI is InChI=1S/C47H28N4/c1-3-11-31(12-4-1)45-48-46(32-13-5-2-6-14-32)50-47(49-45)33-22-21-29-23-25-35(28-34(29)27-33)51-40-20-10-19-39-37-17-8-7-16-36(37)38-18-9-15-30-24-26-41(51)44(42(30)38)43(39)40/h1-28H. The molecule has 0 saturated carbocycles. The molecule has 0 fully saturated rings. The maximum atomic E-state index is 5.00. The molecule has 4 nitrogen and oxygen atoms in total. The van der Waals surface area contributed by atoms with Gasteiger partial charge in [0.2, 0.25) is 0 Å². The second-order valence-electron chi connectivity index (χ2n) is 13.2. The van der Waals surface area contributed by atoms with E-state index in [1.54, 1.807) is 0 Å². The van der Waals surface area contributed by atoms with Crippen molar-refractivity contribution in [2.24, 2.45) is 0 Å². The molecular weight excluding hydrogens is 621 g/mol. The quantitative estimate of drug-likeness (QED) is 0.191. The Bertz CT molecular complexity index is 2960. The monoisotopic (exact) mass is 648 g/mol. The van der Waals surface area contributed by atoms with Gasteiger partial charge in [0.25, 0.3) is 0 Å². The van der Waals surface area contributed by atoms with Crippen LogP contribution in [0.15, 0.2) is 170 Å². The van der Waals surface area contributed by atoms with Gasteiger partial charge in [0.15, 0.2) is 17.5 Å². The Morgan fingerprint density at radius 3 is 1.57 bits per heavy atom. The molecule has 0 radical (unpaired) electrons. The van der Waals surface area contributed by atoms with E-state index in [2.05, 4.69) is 114 Å². The van der Waals surface area contributed by atoms with E-state index in [1.807, 2.05) is 60.7 Å². The first-order chi connectivity index (χ1) is 25.3. The van der Waals surface area contributed by atoms with E-state index in [4.69, 9.17) is 15.0 Å². The number of nitrogens with zero attached hydrogens (tertiary/aromatic N) is 4. The molecule has 0 unspecified atom stereocenters. The van der Waals surface area contributed by atoms with Crippen LogP contribution in [0.3, 0.4) is 0 Å². The molecule has 10 aromatic rings. The summed E-state index contributed by atoms with van der Waals surface area (Å²) >= 11 is 0. The molecule has 2 aromatic heterocycles. The van der Waals surface area contributed by atoms with Gasteiger partial charge < -0.3 is 4.57 Å². The van der Waals surface area contributed by atoms with Gasteiger partial charge in [0.1, 0.15) is 0 Å². The largest absolute Gasteiger partial charge is 0.309 e. The first-order valence-corrected chi connectivity index (χ1v) is 17.3. The summed E-state index contributed by atoms with van der Waals surface area (Å²) in [6.45, 7) is 0. The fourth-order valence-corrected chi connectivity index (χ4v) is 8.06. The predicted octanol–water partition coefficient (Wildman–Crippen LogP) is 11.9. The third-order valence-corrected chi connectivity index (χ3v) is 10.3. The Morgan fingerprint density at radius 2 is 0.863 bits per heavy atom. The lowest BCUT2D eigenvalue weighted by Crippen LogP contribution is -2.00. The van der Waals surface area contributed by atoms with Gasteiger partial charge in [-0.25, -0.2) is 15.0 Å². The van der Waals surface area contributed by atoms with E-state index in [0.717, 1.165) is 33.2 Å². The van der Waals surface area contributed by atoms with Crippen LogP contribution in [0.2, 0.25) is 0 Å². The van der Waals surface area contributed by atoms with Gasteiger partial charge in [-0.3, -0.25) is 0 Å². The van der Waals surface area contributed by atoms with Crippen molar-refractivity contribution in [1.82, 2.24) is 19.5 Å². The third kappa shape index (κ3) is 4.23. The minimum absolute atomic E-state index is 0.649. The summed E-state index contributed by atoms with van der Waals surface area (Å²) in [6, 6.07) is 60.4. The Morgan fingerprint density at radius 1 is 0.314 bits per heavy atom. The zero-order chi connectivity index (χ0) is 33.5. The van der Waals surface area contributed by atoms with E-state index in [9.17, 15) is 0 Å². The van der Waals surface area contributed by atoms with E-state index in [1.165, 1.54) is 54.8 Å². The van der Waals surface area contributed by atoms with Crippen LogP contribution < -0.4 is 0 Å². The zero-order valence-corrected chi connectivity index (χ0v) is 27.5. The van der Waals surface area contributed by atoms with Crippen LogP contribution in [0, 0.1) is 0 Å². The molecule has 4 heteroatoms. The molecule has 1 aliphatic rings. The van der Waals surface area contributed by atoms with Crippen LogP contribution in [-0.2, 0) is 0 Å². The summed E-state index contributed by atoms with van der Waals surface area (Å²) in [5.41, 5.74) is 11.5. The van der Waals surface area contributed by atoms with Gasteiger partial charge in [-0.15, -0.1) is 0 Å². The topological polar surface area (TPSA) is 43.6 Å². The molecule has 0 bridgehead atoms. The zero-order valence-electron chi connectivity index (χ0n) is 27.5. The smallest absolute Gasteiger partial charge is 0.164 e. The normalized spacial score (nSPS) is 11.9. The van der Waals surface area contributed by atoms with Crippen LogP contribution in [0.25, 0.3) is 105 Å². The van der Waals surface area contributed by atoms with E-state index in [-0.39, 0.29) is 0 Å². The van der Waals surface area contributed by atoms with Crippen molar-refractivity contribution in [1.29, 1.82) is 0 Å². The lowest BCUT2D eigenvalue weighted by Gasteiger charge is -2.14. The fraction of sp³-hybridized carbons (Fsp3) is 0. The predicted molar refractivity (Wildman–Crippen MR) is 210 cm³/mol. The molecule has 0 N–H and O–H groups in total. The van der Waals surface area contributed by atoms with E-state index in [0.29, 0.717) is 17.5 Å². The van der Waals surface area contributed by atoms with Crippen molar-refractivity contribution < 1.29 is 0 Å². The van der Waals surface area contributed by atoms with Crippen LogP contribution in [-0.4, -0.2) is 19.5 Å². The maximum Gasteiger partial charge on any atom is 0.164 e. The lowest BCUT2D eigenvalue weighted by molar-refractivity contribution is 1.07. The lowest BCUT2D eigenvalue weighted by atomic mass is 9.93. The minimum atomic E-state index is 0.649. The average molecular weight is 649 g/mol. The first-order valence-electron chi connectivity index (χ1n) is 17.3. The van der Waals surface area contributed by atoms with Crippen molar-refractivity contribution in [2.75, 3.05) is 0 Å². The van der Waals surface area contributed by atoms with Crippen molar-refractivity contribution in [3.05, 3.63) is 170 Å². The minimum Gasteiger partial charge on any atom is -0.309 e. The van der Waals surface area contributed by atoms with Crippen molar-refractivity contribution in [2.45, 2.75) is 0 Å². The number of aromatic nitrogens is 4. The van der Waals surface area contributed by atoms with Gasteiger partial charge in [-0.2, -0.15) is 0 Å². The number of hydrogen-bond acceptors (Lipinski definition) is 3. The van der Waals surface area contributed by atoms with Crippen LogP contribution >= 0.6 is 0 Å². The summed E-state index contributed by atoms with van der Waals surface area (Å²) in [6.07, 6.45) is 0. The highest BCUT2D eigenvalue weighted by Gasteiger charge is 2.24. The summed E-state index contributed by atoms with van der Waals surface area (Å²) in [7, 11) is 0. The molecule has 0 amide bonds. The third-order valence-electron chi connectivity index (χ3n) is 10.3. The SMILES string of the molecule is c1ccc(-c2nc(-c3ccccc3)nc(-c3ccc4ccc(-n5c6cccc7c6c6c8c(cccc8ccc65)-c5ccccc5-7)cc4c3)n2)cc1.